The monoisotopic (exact) mass is 369 g/mol. The van der Waals surface area contributed by atoms with Gasteiger partial charge in [0.2, 0.25) is 5.91 Å². The number of piperazine rings is 1. The SMILES string of the molecule is O=C(C1CNCCN1C(=O)c1ccc(Cn2cnnn2)cc1)N1CCCC1. The van der Waals surface area contributed by atoms with E-state index >= 15 is 0 Å². The van der Waals surface area contributed by atoms with Crippen molar-refractivity contribution in [3.63, 3.8) is 0 Å². The third kappa shape index (κ3) is 3.82. The average Bonchev–Trinajstić information content (AvgIpc) is 3.42. The van der Waals surface area contributed by atoms with E-state index in [-0.39, 0.29) is 11.8 Å². The third-order valence-corrected chi connectivity index (χ3v) is 5.14. The Kier molecular flexibility index (Phi) is 5.10. The van der Waals surface area contributed by atoms with E-state index in [0.29, 0.717) is 31.7 Å². The molecule has 1 aromatic heterocycles. The lowest BCUT2D eigenvalue weighted by Crippen LogP contribution is -2.59. The molecule has 9 nitrogen and oxygen atoms in total. The maximum atomic E-state index is 13.0. The quantitative estimate of drug-likeness (QED) is 0.799. The molecule has 142 valence electrons. The minimum atomic E-state index is -0.426. The van der Waals surface area contributed by atoms with E-state index in [2.05, 4.69) is 20.8 Å². The highest BCUT2D eigenvalue weighted by molar-refractivity contribution is 5.98. The average molecular weight is 369 g/mol. The lowest BCUT2D eigenvalue weighted by atomic mass is 10.1. The van der Waals surface area contributed by atoms with Crippen molar-refractivity contribution in [2.75, 3.05) is 32.7 Å². The number of carbonyl (C=O) groups excluding carboxylic acids is 2. The zero-order valence-electron chi connectivity index (χ0n) is 15.1. The number of rotatable bonds is 4. The summed E-state index contributed by atoms with van der Waals surface area (Å²) < 4.78 is 1.62. The molecule has 1 N–H and O–H groups in total. The van der Waals surface area contributed by atoms with E-state index in [4.69, 9.17) is 0 Å². The molecule has 3 heterocycles. The third-order valence-electron chi connectivity index (χ3n) is 5.14. The van der Waals surface area contributed by atoms with Crippen LogP contribution in [0.4, 0.5) is 0 Å². The summed E-state index contributed by atoms with van der Waals surface area (Å²) in [7, 11) is 0. The molecule has 2 aliphatic rings. The zero-order chi connectivity index (χ0) is 18.6. The van der Waals surface area contributed by atoms with E-state index < -0.39 is 6.04 Å². The van der Waals surface area contributed by atoms with Gasteiger partial charge in [-0.15, -0.1) is 5.10 Å². The number of nitrogens with one attached hydrogen (secondary N) is 1. The Bertz CT molecular complexity index is 785. The standard InChI is InChI=1S/C18H23N7O2/c26-17(15-5-3-14(4-6-15)12-24-13-20-21-22-24)25-10-7-19-11-16(25)18(27)23-8-1-2-9-23/h3-6,13,16,19H,1-2,7-12H2. The molecule has 2 aliphatic heterocycles. The molecular weight excluding hydrogens is 346 g/mol. The van der Waals surface area contributed by atoms with Crippen molar-refractivity contribution >= 4 is 11.8 Å². The lowest BCUT2D eigenvalue weighted by molar-refractivity contribution is -0.135. The number of aromatic nitrogens is 4. The van der Waals surface area contributed by atoms with Crippen molar-refractivity contribution in [1.82, 2.24) is 35.3 Å². The number of hydrogen-bond donors (Lipinski definition) is 1. The summed E-state index contributed by atoms with van der Waals surface area (Å²) >= 11 is 0. The van der Waals surface area contributed by atoms with Gasteiger partial charge >= 0.3 is 0 Å². The molecular formula is C18H23N7O2. The molecule has 2 amide bonds. The first-order valence-corrected chi connectivity index (χ1v) is 9.32. The van der Waals surface area contributed by atoms with E-state index in [1.165, 1.54) is 0 Å². The van der Waals surface area contributed by atoms with Crippen LogP contribution in [0.15, 0.2) is 30.6 Å². The van der Waals surface area contributed by atoms with Crippen molar-refractivity contribution in [1.29, 1.82) is 0 Å². The Morgan fingerprint density at radius 2 is 1.89 bits per heavy atom. The van der Waals surface area contributed by atoms with Crippen LogP contribution < -0.4 is 5.32 Å². The van der Waals surface area contributed by atoms with Gasteiger partial charge in [0.25, 0.3) is 5.91 Å². The molecule has 0 bridgehead atoms. The van der Waals surface area contributed by atoms with Gasteiger partial charge in [0.15, 0.2) is 0 Å². The van der Waals surface area contributed by atoms with E-state index in [1.54, 1.807) is 28.0 Å². The van der Waals surface area contributed by atoms with Gasteiger partial charge in [-0.3, -0.25) is 9.59 Å². The Balaban J connectivity index is 1.47. The van der Waals surface area contributed by atoms with Crippen LogP contribution >= 0.6 is 0 Å². The van der Waals surface area contributed by atoms with Crippen LogP contribution in [0.5, 0.6) is 0 Å². The molecule has 0 radical (unpaired) electrons. The molecule has 4 rings (SSSR count). The Morgan fingerprint density at radius 1 is 1.11 bits per heavy atom. The van der Waals surface area contributed by atoms with Crippen molar-refractivity contribution in [3.8, 4) is 0 Å². The van der Waals surface area contributed by atoms with Gasteiger partial charge in [0, 0.05) is 38.3 Å². The van der Waals surface area contributed by atoms with Gasteiger partial charge in [0.05, 0.1) is 6.54 Å². The van der Waals surface area contributed by atoms with Crippen molar-refractivity contribution in [3.05, 3.63) is 41.7 Å². The van der Waals surface area contributed by atoms with Gasteiger partial charge in [-0.1, -0.05) is 12.1 Å². The van der Waals surface area contributed by atoms with Crippen LogP contribution in [-0.2, 0) is 11.3 Å². The topological polar surface area (TPSA) is 96.2 Å². The summed E-state index contributed by atoms with van der Waals surface area (Å²) in [6, 6.07) is 6.98. The van der Waals surface area contributed by atoms with Crippen LogP contribution in [0, 0.1) is 0 Å². The molecule has 1 aromatic carbocycles. The maximum absolute atomic E-state index is 13.0. The summed E-state index contributed by atoms with van der Waals surface area (Å²) in [6.45, 7) is 3.89. The Morgan fingerprint density at radius 3 is 2.59 bits per heavy atom. The molecule has 2 aromatic rings. The number of hydrogen-bond acceptors (Lipinski definition) is 6. The number of amides is 2. The molecule has 9 heteroatoms. The fourth-order valence-corrected chi connectivity index (χ4v) is 3.67. The van der Waals surface area contributed by atoms with Crippen molar-refractivity contribution < 1.29 is 9.59 Å². The Hall–Kier alpha value is -2.81. The largest absolute Gasteiger partial charge is 0.341 e. The van der Waals surface area contributed by atoms with Crippen LogP contribution in [-0.4, -0.2) is 80.6 Å². The molecule has 0 spiro atoms. The lowest BCUT2D eigenvalue weighted by Gasteiger charge is -2.37. The van der Waals surface area contributed by atoms with Gasteiger partial charge in [-0.05, 0) is 41.0 Å². The van der Waals surface area contributed by atoms with Crippen LogP contribution in [0.1, 0.15) is 28.8 Å². The molecule has 2 saturated heterocycles. The summed E-state index contributed by atoms with van der Waals surface area (Å²) in [4.78, 5) is 29.5. The first-order chi connectivity index (χ1) is 13.2. The molecule has 0 saturated carbocycles. The minimum absolute atomic E-state index is 0.0587. The molecule has 1 unspecified atom stereocenters. The fraction of sp³-hybridized carbons (Fsp3) is 0.500. The molecule has 1 atom stereocenters. The van der Waals surface area contributed by atoms with E-state index in [9.17, 15) is 9.59 Å². The number of tetrazole rings is 1. The van der Waals surface area contributed by atoms with Gasteiger partial charge in [-0.25, -0.2) is 4.68 Å². The summed E-state index contributed by atoms with van der Waals surface area (Å²) in [5.41, 5.74) is 1.60. The number of nitrogens with zero attached hydrogens (tertiary/aromatic N) is 6. The highest BCUT2D eigenvalue weighted by atomic mass is 16.2. The minimum Gasteiger partial charge on any atom is -0.341 e. The number of carbonyl (C=O) groups is 2. The smallest absolute Gasteiger partial charge is 0.254 e. The number of likely N-dealkylation sites (tertiary alicyclic amines) is 1. The van der Waals surface area contributed by atoms with Crippen LogP contribution in [0.3, 0.4) is 0 Å². The molecule has 0 aliphatic carbocycles. The second-order valence-electron chi connectivity index (χ2n) is 6.96. The maximum Gasteiger partial charge on any atom is 0.254 e. The summed E-state index contributed by atoms with van der Waals surface area (Å²) in [6.07, 6.45) is 3.64. The summed E-state index contributed by atoms with van der Waals surface area (Å²) in [5.74, 6) is -0.0358. The first-order valence-electron chi connectivity index (χ1n) is 9.32. The second-order valence-corrected chi connectivity index (χ2v) is 6.96. The van der Waals surface area contributed by atoms with Gasteiger partial charge < -0.3 is 15.1 Å². The number of benzene rings is 1. The van der Waals surface area contributed by atoms with Gasteiger partial charge in [0.1, 0.15) is 12.4 Å². The highest BCUT2D eigenvalue weighted by Crippen LogP contribution is 2.17. The van der Waals surface area contributed by atoms with Crippen molar-refractivity contribution in [2.24, 2.45) is 0 Å². The normalized spacial score (nSPS) is 20.1. The first kappa shape index (κ1) is 17.6. The van der Waals surface area contributed by atoms with E-state index in [1.807, 2.05) is 17.0 Å². The van der Waals surface area contributed by atoms with Crippen molar-refractivity contribution in [2.45, 2.75) is 25.4 Å². The predicted octanol–water partition coefficient (Wildman–Crippen LogP) is -0.242. The Labute approximate surface area is 157 Å². The van der Waals surface area contributed by atoms with Gasteiger partial charge in [-0.2, -0.15) is 0 Å². The predicted molar refractivity (Wildman–Crippen MR) is 96.9 cm³/mol. The molecule has 2 fully saturated rings. The zero-order valence-corrected chi connectivity index (χ0v) is 15.1. The highest BCUT2D eigenvalue weighted by Gasteiger charge is 2.35. The van der Waals surface area contributed by atoms with Crippen LogP contribution in [0.2, 0.25) is 0 Å². The molecule has 27 heavy (non-hydrogen) atoms. The van der Waals surface area contributed by atoms with E-state index in [0.717, 1.165) is 31.5 Å². The fourth-order valence-electron chi connectivity index (χ4n) is 3.67. The summed E-state index contributed by atoms with van der Waals surface area (Å²) in [5, 5.41) is 14.3. The van der Waals surface area contributed by atoms with Crippen LogP contribution in [0.25, 0.3) is 0 Å². The second kappa shape index (κ2) is 7.83.